The molecule has 0 rings (SSSR count). The van der Waals surface area contributed by atoms with Gasteiger partial charge in [0.15, 0.2) is 0 Å². The zero-order valence-corrected chi connectivity index (χ0v) is 6.56. The van der Waals surface area contributed by atoms with E-state index in [0.29, 0.717) is 6.29 Å². The van der Waals surface area contributed by atoms with E-state index in [9.17, 15) is 9.59 Å². The lowest BCUT2D eigenvalue weighted by Crippen LogP contribution is -2.16. The maximum absolute atomic E-state index is 10.8. The van der Waals surface area contributed by atoms with Crippen molar-refractivity contribution in [3.8, 4) is 0 Å². The van der Waals surface area contributed by atoms with Gasteiger partial charge in [-0.1, -0.05) is 0 Å². The van der Waals surface area contributed by atoms with Crippen LogP contribution in [0.5, 0.6) is 0 Å². The minimum atomic E-state index is -0.766. The smallest absolute Gasteiger partial charge is 0.421 e. The summed E-state index contributed by atoms with van der Waals surface area (Å²) in [6, 6.07) is 0. The zero-order chi connectivity index (χ0) is 9.40. The van der Waals surface area contributed by atoms with E-state index in [2.05, 4.69) is 9.53 Å². The van der Waals surface area contributed by atoms with E-state index in [0.717, 1.165) is 12.2 Å². The molecule has 0 atom stereocenters. The Morgan fingerprint density at radius 1 is 1.67 bits per heavy atom. The van der Waals surface area contributed by atoms with Crippen LogP contribution in [0.2, 0.25) is 0 Å². The first-order chi connectivity index (χ1) is 5.76. The molecular formula is C7H8N2O3. The molecular weight excluding hydrogens is 160 g/mol. The number of nitrogens with zero attached hydrogens (tertiary/aromatic N) is 2. The van der Waals surface area contributed by atoms with Gasteiger partial charge in [0.05, 0.1) is 6.61 Å². The number of esters is 1. The van der Waals surface area contributed by atoms with E-state index in [1.807, 2.05) is 0 Å². The topological polar surface area (TPSA) is 79.8 Å². The Bertz CT molecular complexity index is 251. The molecule has 0 aromatic heterocycles. The first kappa shape index (κ1) is 10.3. The maximum atomic E-state index is 10.8. The predicted molar refractivity (Wildman–Crippen MR) is 40.5 cm³/mol. The monoisotopic (exact) mass is 168 g/mol. The van der Waals surface area contributed by atoms with Gasteiger partial charge in [-0.2, -0.15) is 4.79 Å². The summed E-state index contributed by atoms with van der Waals surface area (Å²) in [5.41, 5.74) is 7.97. The summed E-state index contributed by atoms with van der Waals surface area (Å²) in [5, 5.41) is 0. The summed E-state index contributed by atoms with van der Waals surface area (Å²) in [6.45, 7) is 1.81. The SMILES string of the molecule is CCOC(=O)C(/C=C/C=O)=[N+]=[N-]. The Morgan fingerprint density at radius 3 is 2.75 bits per heavy atom. The number of rotatable bonds is 4. The molecule has 0 aromatic carbocycles. The number of allylic oxidation sites excluding steroid dienone is 1. The number of hydrogen-bond donors (Lipinski definition) is 0. The third-order valence-electron chi connectivity index (χ3n) is 0.925. The first-order valence-corrected chi connectivity index (χ1v) is 3.27. The largest absolute Gasteiger partial charge is 0.457 e. The fraction of sp³-hybridized carbons (Fsp3) is 0.286. The molecule has 0 unspecified atom stereocenters. The molecule has 0 fully saturated rings. The number of carbonyl (C=O) groups is 2. The third-order valence-corrected chi connectivity index (χ3v) is 0.925. The molecule has 0 N–H and O–H groups in total. The maximum Gasteiger partial charge on any atom is 0.421 e. The summed E-state index contributed by atoms with van der Waals surface area (Å²) in [7, 11) is 0. The molecule has 0 bridgehead atoms. The molecule has 0 aliphatic rings. The van der Waals surface area contributed by atoms with Crippen LogP contribution in [0.15, 0.2) is 12.2 Å². The van der Waals surface area contributed by atoms with Crippen LogP contribution in [0.1, 0.15) is 6.92 Å². The van der Waals surface area contributed by atoms with Gasteiger partial charge in [0, 0.05) is 6.08 Å². The lowest BCUT2D eigenvalue weighted by molar-refractivity contribution is -0.139. The highest BCUT2D eigenvalue weighted by atomic mass is 16.5. The van der Waals surface area contributed by atoms with Crippen molar-refractivity contribution < 1.29 is 19.1 Å². The molecule has 5 heteroatoms. The van der Waals surface area contributed by atoms with Crippen molar-refractivity contribution >= 4 is 18.0 Å². The van der Waals surface area contributed by atoms with E-state index in [-0.39, 0.29) is 12.3 Å². The fourth-order valence-corrected chi connectivity index (χ4v) is 0.478. The van der Waals surface area contributed by atoms with Crippen LogP contribution >= 0.6 is 0 Å². The van der Waals surface area contributed by atoms with Crippen molar-refractivity contribution in [3.05, 3.63) is 17.7 Å². The lowest BCUT2D eigenvalue weighted by Gasteiger charge is -1.91. The predicted octanol–water partition coefficient (Wildman–Crippen LogP) is -0.0246. The normalized spacial score (nSPS) is 9.08. The number of ether oxygens (including phenoxy) is 1. The van der Waals surface area contributed by atoms with Crippen molar-refractivity contribution in [2.75, 3.05) is 6.61 Å². The second-order valence-corrected chi connectivity index (χ2v) is 1.70. The van der Waals surface area contributed by atoms with E-state index >= 15 is 0 Å². The van der Waals surface area contributed by atoms with E-state index in [4.69, 9.17) is 5.53 Å². The van der Waals surface area contributed by atoms with Gasteiger partial charge in [-0.3, -0.25) is 4.79 Å². The Kier molecular flexibility index (Phi) is 5.13. The van der Waals surface area contributed by atoms with Crippen molar-refractivity contribution in [3.63, 3.8) is 0 Å². The van der Waals surface area contributed by atoms with Gasteiger partial charge in [-0.15, -0.1) is 0 Å². The van der Waals surface area contributed by atoms with Crippen LogP contribution in [-0.4, -0.2) is 29.4 Å². The molecule has 0 amide bonds. The molecule has 0 aliphatic carbocycles. The molecule has 0 aliphatic heterocycles. The Labute approximate surface area is 69.3 Å². The summed E-state index contributed by atoms with van der Waals surface area (Å²) >= 11 is 0. The van der Waals surface area contributed by atoms with Crippen LogP contribution in [-0.2, 0) is 14.3 Å². The van der Waals surface area contributed by atoms with Crippen molar-refractivity contribution in [2.24, 2.45) is 0 Å². The van der Waals surface area contributed by atoms with Crippen LogP contribution in [0.4, 0.5) is 0 Å². The summed E-state index contributed by atoms with van der Waals surface area (Å²) in [5.74, 6) is -0.766. The van der Waals surface area contributed by atoms with E-state index < -0.39 is 5.97 Å². The van der Waals surface area contributed by atoms with E-state index in [1.54, 1.807) is 6.92 Å². The number of carbonyl (C=O) groups excluding carboxylic acids is 2. The van der Waals surface area contributed by atoms with Crippen LogP contribution in [0, 0.1) is 0 Å². The average molecular weight is 168 g/mol. The summed E-state index contributed by atoms with van der Waals surface area (Å²) in [6.07, 6.45) is 2.56. The summed E-state index contributed by atoms with van der Waals surface area (Å²) < 4.78 is 4.50. The van der Waals surface area contributed by atoms with Gasteiger partial charge in [-0.05, 0) is 13.0 Å². The zero-order valence-electron chi connectivity index (χ0n) is 6.56. The van der Waals surface area contributed by atoms with Crippen LogP contribution < -0.4 is 0 Å². The van der Waals surface area contributed by atoms with Gasteiger partial charge >= 0.3 is 11.7 Å². The van der Waals surface area contributed by atoms with E-state index in [1.165, 1.54) is 0 Å². The second-order valence-electron chi connectivity index (χ2n) is 1.70. The minimum Gasteiger partial charge on any atom is -0.457 e. The Hall–Kier alpha value is -1.74. The van der Waals surface area contributed by atoms with Crippen LogP contribution in [0.25, 0.3) is 5.53 Å². The van der Waals surface area contributed by atoms with Crippen molar-refractivity contribution in [2.45, 2.75) is 6.92 Å². The first-order valence-electron chi connectivity index (χ1n) is 3.27. The Balaban J connectivity index is 4.37. The number of hydrogen-bond acceptors (Lipinski definition) is 3. The third kappa shape index (κ3) is 3.43. The highest BCUT2D eigenvalue weighted by Gasteiger charge is 2.16. The highest BCUT2D eigenvalue weighted by Crippen LogP contribution is 1.82. The van der Waals surface area contributed by atoms with Crippen molar-refractivity contribution in [1.29, 1.82) is 0 Å². The molecule has 0 saturated carbocycles. The molecule has 0 heterocycles. The molecule has 5 nitrogen and oxygen atoms in total. The quantitative estimate of drug-likeness (QED) is 0.148. The molecule has 12 heavy (non-hydrogen) atoms. The second kappa shape index (κ2) is 6.00. The van der Waals surface area contributed by atoms with Gasteiger partial charge in [0.1, 0.15) is 6.29 Å². The standard InChI is InChI=1S/C7H8N2O3/c1-2-12-7(11)6(9-8)4-3-5-10/h3-5H,2H2,1H3/b4-3+. The van der Waals surface area contributed by atoms with Gasteiger partial charge in [0.2, 0.25) is 0 Å². The lowest BCUT2D eigenvalue weighted by atomic mass is 10.3. The molecule has 0 saturated heterocycles. The fourth-order valence-electron chi connectivity index (χ4n) is 0.478. The average Bonchev–Trinajstić information content (AvgIpc) is 2.06. The highest BCUT2D eigenvalue weighted by molar-refractivity contribution is 6.38. The molecule has 0 radical (unpaired) electrons. The number of aldehydes is 1. The van der Waals surface area contributed by atoms with Crippen LogP contribution in [0.3, 0.4) is 0 Å². The Morgan fingerprint density at radius 2 is 2.33 bits per heavy atom. The van der Waals surface area contributed by atoms with Gasteiger partial charge in [0.25, 0.3) is 0 Å². The molecule has 0 spiro atoms. The van der Waals surface area contributed by atoms with Gasteiger partial charge < -0.3 is 10.3 Å². The molecule has 0 aromatic rings. The van der Waals surface area contributed by atoms with Crippen molar-refractivity contribution in [1.82, 2.24) is 0 Å². The molecule has 64 valence electrons. The summed E-state index contributed by atoms with van der Waals surface area (Å²) in [4.78, 5) is 23.3. The van der Waals surface area contributed by atoms with Gasteiger partial charge in [-0.25, -0.2) is 4.79 Å². The minimum absolute atomic E-state index is 0.187.